The fourth-order valence-corrected chi connectivity index (χ4v) is 3.74. The Hall–Kier alpha value is -0.160. The van der Waals surface area contributed by atoms with Gasteiger partial charge in [-0.05, 0) is 79.9 Å². The maximum absolute atomic E-state index is 5.30. The molecule has 3 aliphatic rings. The van der Waals surface area contributed by atoms with Crippen molar-refractivity contribution >= 4 is 0 Å². The van der Waals surface area contributed by atoms with E-state index in [4.69, 9.17) is 4.74 Å². The van der Waals surface area contributed by atoms with Crippen molar-refractivity contribution < 1.29 is 4.74 Å². The third kappa shape index (κ3) is 12.1. The fraction of sp³-hybridized carbons (Fsp3) is 1.00. The summed E-state index contributed by atoms with van der Waals surface area (Å²) < 4.78 is 5.30. The van der Waals surface area contributed by atoms with Crippen LogP contribution < -0.4 is 0 Å². The summed E-state index contributed by atoms with van der Waals surface area (Å²) in [5.41, 5.74) is 0. The topological polar surface area (TPSA) is 19.0 Å². The Morgan fingerprint density at radius 3 is 1.63 bits per heavy atom. The summed E-state index contributed by atoms with van der Waals surface area (Å²) in [6, 6.07) is 1.50. The summed E-state index contributed by atoms with van der Waals surface area (Å²) in [6.07, 6.45) is 8.63. The lowest BCUT2D eigenvalue weighted by molar-refractivity contribution is 0.108. The number of piperazine rings is 1. The number of likely N-dealkylation sites (N-methyl/N-ethyl adjacent to an activating group) is 1. The number of nitrogens with zero attached hydrogens (tertiary/aromatic N) is 3. The van der Waals surface area contributed by atoms with Crippen LogP contribution in [-0.2, 0) is 4.74 Å². The third-order valence-electron chi connectivity index (χ3n) is 5.87. The van der Waals surface area contributed by atoms with Gasteiger partial charge < -0.3 is 14.5 Å². The number of likely N-dealkylation sites (tertiary alicyclic amines) is 1. The highest BCUT2D eigenvalue weighted by Gasteiger charge is 2.15. The van der Waals surface area contributed by atoms with Crippen molar-refractivity contribution in [3.63, 3.8) is 0 Å². The number of hydrogen-bond acceptors (Lipinski definition) is 4. The summed E-state index contributed by atoms with van der Waals surface area (Å²) in [7, 11) is 2.19. The first kappa shape index (κ1) is 26.8. The maximum Gasteiger partial charge on any atom is 0.0573 e. The average molecular weight is 386 g/mol. The van der Waals surface area contributed by atoms with E-state index < -0.39 is 0 Å². The molecule has 1 unspecified atom stereocenters. The van der Waals surface area contributed by atoms with Crippen molar-refractivity contribution in [3.8, 4) is 0 Å². The van der Waals surface area contributed by atoms with Gasteiger partial charge in [0.05, 0.1) is 6.10 Å². The second-order valence-electron chi connectivity index (χ2n) is 8.67. The van der Waals surface area contributed by atoms with Crippen molar-refractivity contribution in [2.45, 2.75) is 98.8 Å². The van der Waals surface area contributed by atoms with E-state index in [1.54, 1.807) is 0 Å². The molecule has 0 N–H and O–H groups in total. The van der Waals surface area contributed by atoms with E-state index in [0.717, 1.165) is 18.7 Å². The molecule has 3 aliphatic heterocycles. The lowest BCUT2D eigenvalue weighted by atomic mass is 10.1. The molecule has 0 aromatic heterocycles. The summed E-state index contributed by atoms with van der Waals surface area (Å²) in [4.78, 5) is 7.47. The van der Waals surface area contributed by atoms with Crippen LogP contribution in [0, 0.1) is 0 Å². The van der Waals surface area contributed by atoms with Gasteiger partial charge in [-0.3, -0.25) is 4.90 Å². The van der Waals surface area contributed by atoms with E-state index in [1.807, 2.05) is 0 Å². The average Bonchev–Trinajstić information content (AvgIpc) is 3.18. The van der Waals surface area contributed by atoms with Crippen molar-refractivity contribution in [2.75, 3.05) is 52.9 Å². The van der Waals surface area contributed by atoms with Crippen molar-refractivity contribution in [1.29, 1.82) is 0 Å². The summed E-state index contributed by atoms with van der Waals surface area (Å²) in [6.45, 7) is 19.9. The molecule has 164 valence electrons. The first-order valence-corrected chi connectivity index (χ1v) is 11.2. The Balaban J connectivity index is 0.000000374. The molecule has 0 saturated carbocycles. The van der Waals surface area contributed by atoms with Gasteiger partial charge in [-0.25, -0.2) is 0 Å². The van der Waals surface area contributed by atoms with Crippen LogP contribution in [0.3, 0.4) is 0 Å². The highest BCUT2D eigenvalue weighted by molar-refractivity contribution is 4.71. The molecule has 0 amide bonds. The van der Waals surface area contributed by atoms with Gasteiger partial charge in [-0.1, -0.05) is 20.8 Å². The van der Waals surface area contributed by atoms with Crippen LogP contribution in [-0.4, -0.2) is 85.8 Å². The molecule has 0 aromatic rings. The first-order valence-electron chi connectivity index (χ1n) is 11.2. The normalized spacial score (nSPS) is 24.7. The monoisotopic (exact) mass is 385 g/mol. The maximum atomic E-state index is 5.30. The van der Waals surface area contributed by atoms with Crippen molar-refractivity contribution in [3.05, 3.63) is 0 Å². The van der Waals surface area contributed by atoms with E-state index in [2.05, 4.69) is 56.4 Å². The number of piperidine rings is 1. The molecule has 0 radical (unpaired) electrons. The number of ether oxygens (including phenoxy) is 1. The fourth-order valence-electron chi connectivity index (χ4n) is 3.74. The van der Waals surface area contributed by atoms with Gasteiger partial charge in [-0.2, -0.15) is 0 Å². The van der Waals surface area contributed by atoms with Crippen LogP contribution in [0.2, 0.25) is 0 Å². The smallest absolute Gasteiger partial charge is 0.0573 e. The molecule has 4 nitrogen and oxygen atoms in total. The van der Waals surface area contributed by atoms with Gasteiger partial charge in [-0.15, -0.1) is 0 Å². The molecular formula is C23H51N3O. The molecule has 4 heteroatoms. The summed E-state index contributed by atoms with van der Waals surface area (Å²) in [5, 5.41) is 0. The van der Waals surface area contributed by atoms with Crippen LogP contribution in [0.4, 0.5) is 0 Å². The molecule has 0 aliphatic carbocycles. The lowest BCUT2D eigenvalue weighted by Gasteiger charge is -2.34. The first-order chi connectivity index (χ1) is 12.4. The number of rotatable bonds is 3. The highest BCUT2D eigenvalue weighted by Crippen LogP contribution is 2.13. The molecular weight excluding hydrogens is 334 g/mol. The predicted molar refractivity (Wildman–Crippen MR) is 121 cm³/mol. The zero-order valence-electron chi connectivity index (χ0n) is 18.7. The molecule has 3 saturated heterocycles. The molecule has 3 heterocycles. The van der Waals surface area contributed by atoms with E-state index in [1.165, 1.54) is 77.8 Å². The molecule has 0 aromatic carbocycles. The Morgan fingerprint density at radius 1 is 0.778 bits per heavy atom. The van der Waals surface area contributed by atoms with Crippen molar-refractivity contribution in [1.82, 2.24) is 14.7 Å². The standard InChI is InChI=1S/C8H18N2.C8H17N.C6H12O.CH4/c1-8(2)10-6-4-9(3)5-7-10;1-8(2)9-6-4-3-5-7-9;1-2-6-4-3-5-7-6;/h8H,4-7H2,1-3H3;8H,3-7H2,1-2H3;6H,2-5H2,1H3;1H4. The lowest BCUT2D eigenvalue weighted by Crippen LogP contribution is -2.47. The van der Waals surface area contributed by atoms with E-state index in [0.29, 0.717) is 6.10 Å². The van der Waals surface area contributed by atoms with Gasteiger partial charge in [0.25, 0.3) is 0 Å². The van der Waals surface area contributed by atoms with Crippen LogP contribution in [0.5, 0.6) is 0 Å². The van der Waals surface area contributed by atoms with Crippen LogP contribution in [0.15, 0.2) is 0 Å². The molecule has 3 rings (SSSR count). The molecule has 1 atom stereocenters. The second-order valence-corrected chi connectivity index (χ2v) is 8.67. The summed E-state index contributed by atoms with van der Waals surface area (Å²) in [5.74, 6) is 0. The zero-order chi connectivity index (χ0) is 19.4. The SMILES string of the molecule is C.CC(C)N1CCCCC1.CC(C)N1CCN(C)CC1.CCC1CCCO1. The molecule has 3 fully saturated rings. The largest absolute Gasteiger partial charge is 0.378 e. The highest BCUT2D eigenvalue weighted by atomic mass is 16.5. The second kappa shape index (κ2) is 15.7. The molecule has 0 spiro atoms. The minimum absolute atomic E-state index is 0. The third-order valence-corrected chi connectivity index (χ3v) is 5.87. The van der Waals surface area contributed by atoms with Gasteiger partial charge in [0.1, 0.15) is 0 Å². The van der Waals surface area contributed by atoms with Crippen molar-refractivity contribution in [2.24, 2.45) is 0 Å². The van der Waals surface area contributed by atoms with Crippen LogP contribution in [0.25, 0.3) is 0 Å². The Morgan fingerprint density at radius 2 is 1.30 bits per heavy atom. The molecule has 0 bridgehead atoms. The quantitative estimate of drug-likeness (QED) is 0.699. The minimum Gasteiger partial charge on any atom is -0.378 e. The Labute approximate surface area is 171 Å². The minimum atomic E-state index is 0. The van der Waals surface area contributed by atoms with E-state index in [-0.39, 0.29) is 7.43 Å². The Kier molecular flexibility index (Phi) is 15.6. The predicted octanol–water partition coefficient (Wildman–Crippen LogP) is 4.73. The van der Waals surface area contributed by atoms with Crippen LogP contribution in [0.1, 0.15) is 80.6 Å². The van der Waals surface area contributed by atoms with Gasteiger partial charge >= 0.3 is 0 Å². The summed E-state index contributed by atoms with van der Waals surface area (Å²) >= 11 is 0. The van der Waals surface area contributed by atoms with Gasteiger partial charge in [0, 0.05) is 44.9 Å². The van der Waals surface area contributed by atoms with Gasteiger partial charge in [0.15, 0.2) is 0 Å². The number of hydrogen-bond donors (Lipinski definition) is 0. The zero-order valence-corrected chi connectivity index (χ0v) is 18.7. The van der Waals surface area contributed by atoms with E-state index in [9.17, 15) is 0 Å². The van der Waals surface area contributed by atoms with E-state index >= 15 is 0 Å². The van der Waals surface area contributed by atoms with Crippen LogP contribution >= 0.6 is 0 Å². The van der Waals surface area contributed by atoms with Gasteiger partial charge in [0.2, 0.25) is 0 Å². The Bertz CT molecular complexity index is 316. The molecule has 27 heavy (non-hydrogen) atoms.